The van der Waals surface area contributed by atoms with Crippen LogP contribution in [0.5, 0.6) is 5.75 Å². The van der Waals surface area contributed by atoms with Gasteiger partial charge in [0.2, 0.25) is 0 Å². The predicted molar refractivity (Wildman–Crippen MR) is 87.1 cm³/mol. The molecule has 128 valence electrons. The largest absolute Gasteiger partial charge is 0.573 e. The highest BCUT2D eigenvalue weighted by Gasteiger charge is 2.30. The average Bonchev–Trinajstić information content (AvgIpc) is 2.54. The number of nitrogens with zero attached hydrogens (tertiary/aromatic N) is 1. The summed E-state index contributed by atoms with van der Waals surface area (Å²) in [7, 11) is 1.64. The normalized spacial score (nSPS) is 11.2. The highest BCUT2D eigenvalue weighted by Crippen LogP contribution is 2.23. The minimum Gasteiger partial charge on any atom is -0.406 e. The van der Waals surface area contributed by atoms with E-state index in [0.717, 1.165) is 4.90 Å². The van der Waals surface area contributed by atoms with E-state index in [4.69, 9.17) is 0 Å². The van der Waals surface area contributed by atoms with E-state index in [1.807, 2.05) is 18.4 Å². The van der Waals surface area contributed by atoms with Gasteiger partial charge in [0.15, 0.2) is 0 Å². The zero-order valence-electron chi connectivity index (χ0n) is 13.1. The lowest BCUT2D eigenvalue weighted by Crippen LogP contribution is -2.26. The Kier molecular flexibility index (Phi) is 5.77. The number of carbonyl (C=O) groups is 1. The third-order valence-corrected chi connectivity index (χ3v) is 4.00. The van der Waals surface area contributed by atoms with E-state index in [1.54, 1.807) is 30.9 Å². The fourth-order valence-corrected chi connectivity index (χ4v) is 2.50. The molecule has 0 fully saturated rings. The first kappa shape index (κ1) is 18.2. The van der Waals surface area contributed by atoms with Crippen LogP contribution in [0.3, 0.4) is 0 Å². The lowest BCUT2D eigenvalue weighted by molar-refractivity contribution is -0.274. The molecule has 0 spiro atoms. The van der Waals surface area contributed by atoms with Crippen molar-refractivity contribution in [1.82, 2.24) is 4.90 Å². The average molecular weight is 355 g/mol. The number of benzene rings is 2. The number of amides is 1. The van der Waals surface area contributed by atoms with Crippen molar-refractivity contribution in [1.29, 1.82) is 0 Å². The zero-order chi connectivity index (χ0) is 17.7. The molecule has 0 saturated heterocycles. The van der Waals surface area contributed by atoms with Gasteiger partial charge in [-0.15, -0.1) is 24.9 Å². The summed E-state index contributed by atoms with van der Waals surface area (Å²) in [5.41, 5.74) is 1.27. The van der Waals surface area contributed by atoms with Crippen LogP contribution in [-0.4, -0.2) is 30.5 Å². The molecule has 2 aromatic carbocycles. The molecule has 0 N–H and O–H groups in total. The Hall–Kier alpha value is -2.15. The number of hydrogen-bond acceptors (Lipinski definition) is 3. The van der Waals surface area contributed by atoms with Crippen molar-refractivity contribution in [3.63, 3.8) is 0 Å². The summed E-state index contributed by atoms with van der Waals surface area (Å²) in [6.45, 7) is 0.287. The molecule has 3 nitrogen and oxygen atoms in total. The summed E-state index contributed by atoms with van der Waals surface area (Å²) in [5, 5.41) is 0. The van der Waals surface area contributed by atoms with E-state index in [9.17, 15) is 18.0 Å². The molecule has 1 amide bonds. The number of rotatable bonds is 5. The Labute approximate surface area is 142 Å². The van der Waals surface area contributed by atoms with Crippen molar-refractivity contribution in [2.45, 2.75) is 17.8 Å². The van der Waals surface area contributed by atoms with Crippen molar-refractivity contribution in [2.75, 3.05) is 13.3 Å². The van der Waals surface area contributed by atoms with E-state index in [2.05, 4.69) is 4.74 Å². The number of thioether (sulfide) groups is 1. The number of ether oxygens (including phenoxy) is 1. The highest BCUT2D eigenvalue weighted by atomic mass is 32.2. The monoisotopic (exact) mass is 355 g/mol. The quantitative estimate of drug-likeness (QED) is 0.736. The van der Waals surface area contributed by atoms with Crippen LogP contribution in [0.15, 0.2) is 53.4 Å². The fraction of sp³-hybridized carbons (Fsp3) is 0.235. The van der Waals surface area contributed by atoms with Gasteiger partial charge < -0.3 is 9.64 Å². The maximum Gasteiger partial charge on any atom is 0.573 e. The fourth-order valence-electron chi connectivity index (χ4n) is 2.10. The first-order valence-electron chi connectivity index (χ1n) is 7.03. The molecule has 2 aromatic rings. The van der Waals surface area contributed by atoms with Crippen molar-refractivity contribution >= 4 is 17.7 Å². The van der Waals surface area contributed by atoms with Crippen molar-refractivity contribution in [3.8, 4) is 5.75 Å². The molecule has 0 heterocycles. The van der Waals surface area contributed by atoms with Crippen molar-refractivity contribution in [3.05, 3.63) is 59.7 Å². The maximum atomic E-state index is 12.3. The Balaban J connectivity index is 2.00. The number of carbonyl (C=O) groups excluding carboxylic acids is 1. The second-order valence-electron chi connectivity index (χ2n) is 5.08. The molecule has 7 heteroatoms. The zero-order valence-corrected chi connectivity index (χ0v) is 13.9. The lowest BCUT2D eigenvalue weighted by Gasteiger charge is -2.18. The second-order valence-corrected chi connectivity index (χ2v) is 5.96. The van der Waals surface area contributed by atoms with Crippen molar-refractivity contribution in [2.24, 2.45) is 0 Å². The molecule has 0 saturated carbocycles. The van der Waals surface area contributed by atoms with Gasteiger partial charge in [-0.1, -0.05) is 12.1 Å². The van der Waals surface area contributed by atoms with Crippen LogP contribution < -0.4 is 4.74 Å². The van der Waals surface area contributed by atoms with E-state index in [0.29, 0.717) is 11.1 Å². The SMILES string of the molecule is CSc1ccc(C(=O)N(C)Cc2ccc(OC(F)(F)F)cc2)cc1. The molecular formula is C17H16F3NO2S. The van der Waals surface area contributed by atoms with Crippen LogP contribution in [0.4, 0.5) is 13.2 Å². The Morgan fingerprint density at radius 2 is 1.67 bits per heavy atom. The summed E-state index contributed by atoms with van der Waals surface area (Å²) in [4.78, 5) is 14.9. The van der Waals surface area contributed by atoms with E-state index >= 15 is 0 Å². The maximum absolute atomic E-state index is 12.3. The first-order chi connectivity index (χ1) is 11.3. The number of alkyl halides is 3. The van der Waals surface area contributed by atoms with Gasteiger partial charge in [0.1, 0.15) is 5.75 Å². The molecule has 0 bridgehead atoms. The predicted octanol–water partition coefficient (Wildman–Crippen LogP) is 4.58. The molecular weight excluding hydrogens is 339 g/mol. The van der Waals surface area contributed by atoms with E-state index in [1.165, 1.54) is 29.2 Å². The molecule has 24 heavy (non-hydrogen) atoms. The van der Waals surface area contributed by atoms with Gasteiger partial charge in [-0.3, -0.25) is 4.79 Å². The van der Waals surface area contributed by atoms with Gasteiger partial charge in [-0.25, -0.2) is 0 Å². The third kappa shape index (κ3) is 5.19. The smallest absolute Gasteiger partial charge is 0.406 e. The molecule has 0 aliphatic rings. The second kappa shape index (κ2) is 7.61. The summed E-state index contributed by atoms with van der Waals surface area (Å²) < 4.78 is 40.2. The van der Waals surface area contributed by atoms with Gasteiger partial charge in [0, 0.05) is 24.1 Å². The van der Waals surface area contributed by atoms with E-state index < -0.39 is 6.36 Å². The van der Waals surface area contributed by atoms with Crippen LogP contribution in [0, 0.1) is 0 Å². The number of halogens is 3. The molecule has 0 radical (unpaired) electrons. The van der Waals surface area contributed by atoms with Crippen LogP contribution in [0.25, 0.3) is 0 Å². The first-order valence-corrected chi connectivity index (χ1v) is 8.25. The molecule has 0 unspecified atom stereocenters. The summed E-state index contributed by atoms with van der Waals surface area (Å²) in [6.07, 6.45) is -2.76. The third-order valence-electron chi connectivity index (χ3n) is 3.26. The van der Waals surface area contributed by atoms with Gasteiger partial charge in [-0.2, -0.15) is 0 Å². The highest BCUT2D eigenvalue weighted by molar-refractivity contribution is 7.98. The van der Waals surface area contributed by atoms with Gasteiger partial charge >= 0.3 is 6.36 Å². The van der Waals surface area contributed by atoms with Gasteiger partial charge in [-0.05, 0) is 48.2 Å². The molecule has 0 aromatic heterocycles. The summed E-state index contributed by atoms with van der Waals surface area (Å²) in [5.74, 6) is -0.439. The lowest BCUT2D eigenvalue weighted by atomic mass is 10.1. The molecule has 0 aliphatic heterocycles. The minimum absolute atomic E-state index is 0.154. The van der Waals surface area contributed by atoms with Crippen LogP contribution in [-0.2, 0) is 6.54 Å². The minimum atomic E-state index is -4.71. The van der Waals surface area contributed by atoms with Crippen LogP contribution in [0.2, 0.25) is 0 Å². The Bertz CT molecular complexity index is 684. The standard InChI is InChI=1S/C17H16F3NO2S/c1-21(16(22)13-5-9-15(24-2)10-6-13)11-12-3-7-14(8-4-12)23-17(18,19)20/h3-10H,11H2,1-2H3. The molecule has 0 aliphatic carbocycles. The Morgan fingerprint density at radius 3 is 2.17 bits per heavy atom. The molecule has 0 atom stereocenters. The van der Waals surface area contributed by atoms with Gasteiger partial charge in [0.25, 0.3) is 5.91 Å². The van der Waals surface area contributed by atoms with Crippen LogP contribution >= 0.6 is 11.8 Å². The van der Waals surface area contributed by atoms with Gasteiger partial charge in [0.05, 0.1) is 0 Å². The Morgan fingerprint density at radius 1 is 1.08 bits per heavy atom. The van der Waals surface area contributed by atoms with Crippen LogP contribution in [0.1, 0.15) is 15.9 Å². The molecule has 2 rings (SSSR count). The number of hydrogen-bond donors (Lipinski definition) is 0. The summed E-state index contributed by atoms with van der Waals surface area (Å²) in [6, 6.07) is 12.7. The topological polar surface area (TPSA) is 29.5 Å². The van der Waals surface area contributed by atoms with Crippen molar-refractivity contribution < 1.29 is 22.7 Å². The summed E-state index contributed by atoms with van der Waals surface area (Å²) >= 11 is 1.59. The van der Waals surface area contributed by atoms with E-state index in [-0.39, 0.29) is 18.2 Å².